The van der Waals surface area contributed by atoms with Gasteiger partial charge < -0.3 is 9.47 Å². The van der Waals surface area contributed by atoms with Crippen molar-refractivity contribution in [3.05, 3.63) is 255 Å². The van der Waals surface area contributed by atoms with Crippen molar-refractivity contribution in [1.82, 2.24) is 4.57 Å². The van der Waals surface area contributed by atoms with Gasteiger partial charge in [-0.3, -0.25) is 0 Å². The van der Waals surface area contributed by atoms with E-state index in [4.69, 9.17) is 0 Å². The molecule has 2 aromatic heterocycles. The minimum atomic E-state index is 1.08. The average molecular weight is 871 g/mol. The zero-order valence-corrected chi connectivity index (χ0v) is 37.4. The van der Waals surface area contributed by atoms with E-state index in [0.29, 0.717) is 0 Å². The maximum absolute atomic E-state index is 2.47. The molecule has 0 aliphatic heterocycles. The summed E-state index contributed by atoms with van der Waals surface area (Å²) in [5.41, 5.74) is 16.3. The monoisotopic (exact) mass is 870 g/mol. The molecular formula is C64H42N2S. The van der Waals surface area contributed by atoms with Gasteiger partial charge in [-0.05, 0) is 116 Å². The Morgan fingerprint density at radius 1 is 0.313 bits per heavy atom. The molecule has 0 amide bonds. The Kier molecular flexibility index (Phi) is 9.40. The van der Waals surface area contributed by atoms with Gasteiger partial charge >= 0.3 is 0 Å². The lowest BCUT2D eigenvalue weighted by molar-refractivity contribution is 1.18. The zero-order chi connectivity index (χ0) is 44.3. The van der Waals surface area contributed by atoms with Crippen molar-refractivity contribution in [3.8, 4) is 50.2 Å². The molecule has 0 spiro atoms. The normalized spacial score (nSPS) is 11.6. The molecule has 0 unspecified atom stereocenters. The molecule has 0 radical (unpaired) electrons. The quantitative estimate of drug-likeness (QED) is 0.148. The number of anilines is 3. The number of hydrogen-bond donors (Lipinski definition) is 0. The molecule has 2 nitrogen and oxygen atoms in total. The highest BCUT2D eigenvalue weighted by molar-refractivity contribution is 7.25. The summed E-state index contributed by atoms with van der Waals surface area (Å²) in [6.45, 7) is 0. The third-order valence-corrected chi connectivity index (χ3v) is 14.5. The summed E-state index contributed by atoms with van der Waals surface area (Å²) < 4.78 is 5.00. The molecule has 0 aliphatic carbocycles. The molecule has 13 aromatic rings. The summed E-state index contributed by atoms with van der Waals surface area (Å²) in [6.07, 6.45) is 0. The summed E-state index contributed by atoms with van der Waals surface area (Å²) in [4.78, 5) is 2.47. The fourth-order valence-electron chi connectivity index (χ4n) is 10.4. The van der Waals surface area contributed by atoms with Crippen LogP contribution >= 0.6 is 11.3 Å². The first-order chi connectivity index (χ1) is 33.2. The van der Waals surface area contributed by atoms with Gasteiger partial charge in [0.25, 0.3) is 0 Å². The van der Waals surface area contributed by atoms with Gasteiger partial charge in [-0.25, -0.2) is 0 Å². The summed E-state index contributed by atoms with van der Waals surface area (Å²) in [7, 11) is 0. The second-order valence-electron chi connectivity index (χ2n) is 17.2. The highest BCUT2D eigenvalue weighted by Crippen LogP contribution is 2.47. The van der Waals surface area contributed by atoms with Crippen molar-refractivity contribution in [2.24, 2.45) is 0 Å². The maximum atomic E-state index is 2.47. The molecule has 0 fully saturated rings. The van der Waals surface area contributed by atoms with E-state index in [0.717, 1.165) is 39.4 Å². The smallest absolute Gasteiger partial charge is 0.0547 e. The van der Waals surface area contributed by atoms with E-state index in [9.17, 15) is 0 Å². The molecule has 0 saturated carbocycles. The van der Waals surface area contributed by atoms with Crippen molar-refractivity contribution < 1.29 is 0 Å². The molecular weight excluding hydrogens is 829 g/mol. The topological polar surface area (TPSA) is 8.17 Å². The number of para-hydroxylation sites is 3. The lowest BCUT2D eigenvalue weighted by Crippen LogP contribution is -2.11. The highest BCUT2D eigenvalue weighted by atomic mass is 32.1. The van der Waals surface area contributed by atoms with Gasteiger partial charge in [0.15, 0.2) is 0 Å². The Labute approximate surface area is 393 Å². The Morgan fingerprint density at radius 3 is 1.69 bits per heavy atom. The predicted octanol–water partition coefficient (Wildman–Crippen LogP) is 18.4. The molecule has 314 valence electrons. The van der Waals surface area contributed by atoms with Crippen molar-refractivity contribution in [3.63, 3.8) is 0 Å². The van der Waals surface area contributed by atoms with Gasteiger partial charge in [-0.1, -0.05) is 188 Å². The van der Waals surface area contributed by atoms with Crippen LogP contribution < -0.4 is 4.90 Å². The lowest BCUT2D eigenvalue weighted by atomic mass is 9.90. The van der Waals surface area contributed by atoms with Crippen molar-refractivity contribution in [1.29, 1.82) is 0 Å². The second kappa shape index (κ2) is 16.2. The van der Waals surface area contributed by atoms with Gasteiger partial charge in [0.2, 0.25) is 0 Å². The standard InChI is InChI=1S/C64H42N2S/c1-3-18-43(19-4-1)51-31-15-20-44-21-16-33-56(63(44)51)54-29-8-10-34-58(54)65(50-27-14-23-47(41-50)52-32-17-37-62-64(52)57-30-9-12-36-61(57)67-62)49-26-13-22-45(40-49)46-38-39-55-53-28-7-11-35-59(53)66(60(55)42-46)48-24-5-2-6-25-48/h1-42H. The molecule has 0 aliphatic rings. The summed E-state index contributed by atoms with van der Waals surface area (Å²) >= 11 is 1.86. The third-order valence-electron chi connectivity index (χ3n) is 13.4. The number of thiophene rings is 1. The maximum Gasteiger partial charge on any atom is 0.0547 e. The van der Waals surface area contributed by atoms with Crippen LogP contribution in [0.25, 0.3) is 103 Å². The molecule has 0 saturated heterocycles. The van der Waals surface area contributed by atoms with Crippen LogP contribution in [0.4, 0.5) is 17.1 Å². The zero-order valence-electron chi connectivity index (χ0n) is 36.6. The van der Waals surface area contributed by atoms with Crippen LogP contribution in [0.5, 0.6) is 0 Å². The summed E-state index contributed by atoms with van der Waals surface area (Å²) in [6, 6.07) is 93.3. The van der Waals surface area contributed by atoms with Crippen LogP contribution in [-0.4, -0.2) is 4.57 Å². The fourth-order valence-corrected chi connectivity index (χ4v) is 11.5. The summed E-state index contributed by atoms with van der Waals surface area (Å²) in [5.74, 6) is 0. The first-order valence-corrected chi connectivity index (χ1v) is 23.7. The number of nitrogens with zero attached hydrogens (tertiary/aromatic N) is 2. The largest absolute Gasteiger partial charge is 0.310 e. The van der Waals surface area contributed by atoms with E-state index >= 15 is 0 Å². The van der Waals surface area contributed by atoms with Crippen molar-refractivity contribution in [2.75, 3.05) is 4.90 Å². The molecule has 0 N–H and O–H groups in total. The van der Waals surface area contributed by atoms with E-state index < -0.39 is 0 Å². The molecule has 3 heteroatoms. The first kappa shape index (κ1) is 38.9. The minimum Gasteiger partial charge on any atom is -0.310 e. The van der Waals surface area contributed by atoms with E-state index in [1.807, 2.05) is 11.3 Å². The molecule has 11 aromatic carbocycles. The first-order valence-electron chi connectivity index (χ1n) is 22.9. The van der Waals surface area contributed by atoms with Crippen molar-refractivity contribution in [2.45, 2.75) is 0 Å². The number of fused-ring (bicyclic) bond motifs is 7. The Balaban J connectivity index is 1.03. The van der Waals surface area contributed by atoms with E-state index in [1.165, 1.54) is 80.6 Å². The number of hydrogen-bond acceptors (Lipinski definition) is 2. The SMILES string of the molecule is c1ccc(-c2cccc3cccc(-c4ccccc4N(c4cccc(-c5ccc6c7ccccc7n(-c7ccccc7)c6c5)c4)c4cccc(-c5cccc6sc7ccccc7c56)c4)c23)cc1. The van der Waals surface area contributed by atoms with E-state index in [2.05, 4.69) is 264 Å². The van der Waals surface area contributed by atoms with Gasteiger partial charge in [0.1, 0.15) is 0 Å². The van der Waals surface area contributed by atoms with Gasteiger partial charge in [0.05, 0.1) is 16.7 Å². The van der Waals surface area contributed by atoms with Gasteiger partial charge in [0, 0.05) is 53.6 Å². The highest BCUT2D eigenvalue weighted by Gasteiger charge is 2.22. The Hall–Kier alpha value is -8.50. The number of benzene rings is 11. The number of aromatic nitrogens is 1. The van der Waals surface area contributed by atoms with Crippen LogP contribution in [0.1, 0.15) is 0 Å². The van der Waals surface area contributed by atoms with E-state index in [-0.39, 0.29) is 0 Å². The Morgan fingerprint density at radius 2 is 0.866 bits per heavy atom. The van der Waals surface area contributed by atoms with Crippen LogP contribution in [0.15, 0.2) is 255 Å². The predicted molar refractivity (Wildman–Crippen MR) is 288 cm³/mol. The van der Waals surface area contributed by atoms with Crippen LogP contribution in [0, 0.1) is 0 Å². The minimum absolute atomic E-state index is 1.08. The van der Waals surface area contributed by atoms with Gasteiger partial charge in [-0.2, -0.15) is 0 Å². The average Bonchev–Trinajstić information content (AvgIpc) is 3.95. The van der Waals surface area contributed by atoms with Crippen LogP contribution in [0.2, 0.25) is 0 Å². The second-order valence-corrected chi connectivity index (χ2v) is 18.3. The van der Waals surface area contributed by atoms with Crippen LogP contribution in [-0.2, 0) is 0 Å². The molecule has 0 bridgehead atoms. The lowest BCUT2D eigenvalue weighted by Gasteiger charge is -2.29. The number of rotatable bonds is 8. The van der Waals surface area contributed by atoms with Crippen LogP contribution in [0.3, 0.4) is 0 Å². The van der Waals surface area contributed by atoms with E-state index in [1.54, 1.807) is 0 Å². The van der Waals surface area contributed by atoms with Gasteiger partial charge in [-0.15, -0.1) is 11.3 Å². The third kappa shape index (κ3) is 6.63. The molecule has 67 heavy (non-hydrogen) atoms. The molecule has 13 rings (SSSR count). The molecule has 0 atom stereocenters. The summed E-state index contributed by atoms with van der Waals surface area (Å²) in [5, 5.41) is 7.55. The van der Waals surface area contributed by atoms with Crippen molar-refractivity contribution >= 4 is 81.1 Å². The Bertz CT molecular complexity index is 3990. The molecule has 2 heterocycles. The fraction of sp³-hybridized carbons (Fsp3) is 0.